The van der Waals surface area contributed by atoms with Gasteiger partial charge < -0.3 is 9.64 Å². The Morgan fingerprint density at radius 1 is 0.952 bits per heavy atom. The first-order valence-electron chi connectivity index (χ1n) is 7.29. The second-order valence-electron chi connectivity index (χ2n) is 5.94. The number of methoxy groups -OCH3 is 1. The molecule has 0 spiro atoms. The summed E-state index contributed by atoms with van der Waals surface area (Å²) < 4.78 is 5.26. The fraction of sp³-hybridized carbons (Fsp3) is 0.263. The number of anilines is 1. The maximum Gasteiger partial charge on any atom is 0.119 e. The van der Waals surface area contributed by atoms with Crippen molar-refractivity contribution < 1.29 is 4.74 Å². The zero-order valence-corrected chi connectivity index (χ0v) is 12.8. The molecule has 108 valence electrons. The lowest BCUT2D eigenvalue weighted by Gasteiger charge is -2.38. The van der Waals surface area contributed by atoms with Crippen LogP contribution < -0.4 is 9.64 Å². The summed E-state index contributed by atoms with van der Waals surface area (Å²) in [4.78, 5) is 2.45. The molecule has 0 fully saturated rings. The quantitative estimate of drug-likeness (QED) is 0.762. The van der Waals surface area contributed by atoms with E-state index in [1.807, 2.05) is 12.1 Å². The Balaban J connectivity index is 1.99. The van der Waals surface area contributed by atoms with Crippen LogP contribution >= 0.6 is 0 Å². The molecule has 1 aliphatic heterocycles. The van der Waals surface area contributed by atoms with Crippen molar-refractivity contribution in [2.45, 2.75) is 25.4 Å². The lowest BCUT2D eigenvalue weighted by molar-refractivity contribution is 0.414. The van der Waals surface area contributed by atoms with Gasteiger partial charge in [0, 0.05) is 5.69 Å². The molecule has 0 amide bonds. The molecule has 0 aromatic heterocycles. The first-order chi connectivity index (χ1) is 10.1. The zero-order valence-electron chi connectivity index (χ0n) is 12.8. The van der Waals surface area contributed by atoms with Gasteiger partial charge in [-0.3, -0.25) is 0 Å². The van der Waals surface area contributed by atoms with E-state index in [2.05, 4.69) is 73.4 Å². The van der Waals surface area contributed by atoms with Gasteiger partial charge >= 0.3 is 0 Å². The van der Waals surface area contributed by atoms with Gasteiger partial charge in [0.1, 0.15) is 5.75 Å². The molecule has 2 heteroatoms. The minimum atomic E-state index is -0.00486. The van der Waals surface area contributed by atoms with Gasteiger partial charge in [0.25, 0.3) is 0 Å². The van der Waals surface area contributed by atoms with Gasteiger partial charge in [-0.1, -0.05) is 42.5 Å². The summed E-state index contributed by atoms with van der Waals surface area (Å²) in [6, 6.07) is 19.2. The highest BCUT2D eigenvalue weighted by atomic mass is 16.5. The average Bonchev–Trinajstić information content (AvgIpc) is 2.84. The van der Waals surface area contributed by atoms with Gasteiger partial charge in [-0.05, 0) is 43.7 Å². The van der Waals surface area contributed by atoms with E-state index < -0.39 is 0 Å². The summed E-state index contributed by atoms with van der Waals surface area (Å²) in [6.07, 6.45) is 4.58. The number of nitrogens with zero attached hydrogens (tertiary/aromatic N) is 1. The summed E-state index contributed by atoms with van der Waals surface area (Å²) in [6.45, 7) is 4.49. The molecule has 21 heavy (non-hydrogen) atoms. The number of ether oxygens (including phenoxy) is 1. The van der Waals surface area contributed by atoms with Crippen molar-refractivity contribution in [1.29, 1.82) is 0 Å². The maximum atomic E-state index is 5.26. The second kappa shape index (κ2) is 5.28. The molecular formula is C19H21NO. The van der Waals surface area contributed by atoms with E-state index in [0.29, 0.717) is 0 Å². The molecule has 0 radical (unpaired) electrons. The van der Waals surface area contributed by atoms with Gasteiger partial charge in [0.2, 0.25) is 0 Å². The highest BCUT2D eigenvalue weighted by molar-refractivity contribution is 5.58. The number of benzene rings is 2. The Bertz CT molecular complexity index is 628. The third kappa shape index (κ3) is 2.54. The van der Waals surface area contributed by atoms with Crippen LogP contribution in [0.15, 0.2) is 66.7 Å². The smallest absolute Gasteiger partial charge is 0.119 e. The van der Waals surface area contributed by atoms with Gasteiger partial charge in [0.05, 0.1) is 18.7 Å². The van der Waals surface area contributed by atoms with Crippen LogP contribution in [-0.2, 0) is 0 Å². The molecule has 0 bridgehead atoms. The molecule has 0 unspecified atom stereocenters. The van der Waals surface area contributed by atoms with E-state index in [1.165, 1.54) is 11.3 Å². The molecule has 1 aliphatic rings. The first-order valence-corrected chi connectivity index (χ1v) is 7.29. The van der Waals surface area contributed by atoms with Gasteiger partial charge in [-0.2, -0.15) is 0 Å². The predicted octanol–water partition coefficient (Wildman–Crippen LogP) is 4.59. The molecule has 0 aliphatic carbocycles. The minimum absolute atomic E-state index is 0.00486. The van der Waals surface area contributed by atoms with E-state index in [1.54, 1.807) is 7.11 Å². The van der Waals surface area contributed by atoms with E-state index in [-0.39, 0.29) is 11.6 Å². The summed E-state index contributed by atoms with van der Waals surface area (Å²) in [5.74, 6) is 0.889. The van der Waals surface area contributed by atoms with Crippen LogP contribution in [0, 0.1) is 0 Å². The molecule has 2 aromatic carbocycles. The van der Waals surface area contributed by atoms with Crippen molar-refractivity contribution in [2.24, 2.45) is 0 Å². The molecule has 0 saturated heterocycles. The highest BCUT2D eigenvalue weighted by Gasteiger charge is 2.35. The lowest BCUT2D eigenvalue weighted by Crippen LogP contribution is -2.40. The Kier molecular flexibility index (Phi) is 3.46. The molecule has 1 atom stereocenters. The zero-order chi connectivity index (χ0) is 14.9. The minimum Gasteiger partial charge on any atom is -0.497 e. The normalized spacial score (nSPS) is 19.8. The van der Waals surface area contributed by atoms with Crippen LogP contribution in [0.4, 0.5) is 5.69 Å². The lowest BCUT2D eigenvalue weighted by atomic mass is 10.0. The van der Waals surface area contributed by atoms with E-state index in [0.717, 1.165) is 5.75 Å². The van der Waals surface area contributed by atoms with Gasteiger partial charge in [0.15, 0.2) is 0 Å². The number of rotatable bonds is 3. The van der Waals surface area contributed by atoms with Crippen LogP contribution in [0.3, 0.4) is 0 Å². The van der Waals surface area contributed by atoms with Gasteiger partial charge in [-0.25, -0.2) is 0 Å². The molecule has 1 heterocycles. The van der Waals surface area contributed by atoms with Crippen molar-refractivity contribution in [1.82, 2.24) is 0 Å². The van der Waals surface area contributed by atoms with Gasteiger partial charge in [-0.15, -0.1) is 0 Å². The first kappa shape index (κ1) is 13.7. The summed E-state index contributed by atoms with van der Waals surface area (Å²) >= 11 is 0. The monoisotopic (exact) mass is 279 g/mol. The van der Waals surface area contributed by atoms with Crippen LogP contribution in [0.25, 0.3) is 0 Å². The van der Waals surface area contributed by atoms with E-state index >= 15 is 0 Å². The molecule has 2 aromatic rings. The molecule has 0 saturated carbocycles. The van der Waals surface area contributed by atoms with Crippen molar-refractivity contribution in [3.05, 3.63) is 72.3 Å². The van der Waals surface area contributed by atoms with Crippen LogP contribution in [-0.4, -0.2) is 12.6 Å². The molecular weight excluding hydrogens is 258 g/mol. The van der Waals surface area contributed by atoms with Crippen molar-refractivity contribution in [2.75, 3.05) is 12.0 Å². The van der Waals surface area contributed by atoms with Crippen LogP contribution in [0.1, 0.15) is 25.5 Å². The third-order valence-electron chi connectivity index (χ3n) is 4.08. The fourth-order valence-corrected chi connectivity index (χ4v) is 3.00. The van der Waals surface area contributed by atoms with Crippen molar-refractivity contribution in [3.63, 3.8) is 0 Å². The number of hydrogen-bond donors (Lipinski definition) is 0. The summed E-state index contributed by atoms with van der Waals surface area (Å²) in [5, 5.41) is 0. The second-order valence-corrected chi connectivity index (χ2v) is 5.94. The number of hydrogen-bond acceptors (Lipinski definition) is 2. The van der Waals surface area contributed by atoms with Crippen LogP contribution in [0.5, 0.6) is 5.75 Å². The Hall–Kier alpha value is -2.22. The Morgan fingerprint density at radius 3 is 2.24 bits per heavy atom. The average molecular weight is 279 g/mol. The Morgan fingerprint density at radius 2 is 1.62 bits per heavy atom. The predicted molar refractivity (Wildman–Crippen MR) is 87.9 cm³/mol. The highest BCUT2D eigenvalue weighted by Crippen LogP contribution is 2.41. The van der Waals surface area contributed by atoms with E-state index in [9.17, 15) is 0 Å². The SMILES string of the molecule is COc1ccc(N2[C@H](c3ccccc3)C=CC2(C)C)cc1. The van der Waals surface area contributed by atoms with Crippen molar-refractivity contribution >= 4 is 5.69 Å². The third-order valence-corrected chi connectivity index (χ3v) is 4.08. The summed E-state index contributed by atoms with van der Waals surface area (Å²) in [5.41, 5.74) is 2.52. The Labute approximate surface area is 126 Å². The summed E-state index contributed by atoms with van der Waals surface area (Å²) in [7, 11) is 1.70. The standard InChI is InChI=1S/C19H21NO/c1-19(2)14-13-18(15-7-5-4-6-8-15)20(19)16-9-11-17(21-3)12-10-16/h4-14,18H,1-3H3/t18-/m0/s1. The van der Waals surface area contributed by atoms with E-state index in [4.69, 9.17) is 4.74 Å². The topological polar surface area (TPSA) is 12.5 Å². The molecule has 2 nitrogen and oxygen atoms in total. The largest absolute Gasteiger partial charge is 0.497 e. The van der Waals surface area contributed by atoms with Crippen molar-refractivity contribution in [3.8, 4) is 5.75 Å². The molecule has 0 N–H and O–H groups in total. The fourth-order valence-electron chi connectivity index (χ4n) is 3.00. The maximum absolute atomic E-state index is 5.26. The van der Waals surface area contributed by atoms with Crippen LogP contribution in [0.2, 0.25) is 0 Å². The molecule has 3 rings (SSSR count).